The number of hydrogen-bond acceptors (Lipinski definition) is 0. The Hall–Kier alpha value is -0.790. The van der Waals surface area contributed by atoms with E-state index in [9.17, 15) is 0 Å². The van der Waals surface area contributed by atoms with Crippen LogP contribution >= 0.6 is 0 Å². The van der Waals surface area contributed by atoms with Gasteiger partial charge in [0, 0.05) is 12.8 Å². The molecule has 0 aliphatic heterocycles. The van der Waals surface area contributed by atoms with Crippen molar-refractivity contribution in [2.75, 3.05) is 0 Å². The molecule has 0 saturated heterocycles. The number of H-pyrrole nitrogens is 1. The number of nitrogens with zero attached hydrogens (tertiary/aromatic N) is 1. The van der Waals surface area contributed by atoms with Crippen LogP contribution in [0.15, 0.2) is 6.33 Å². The molecule has 0 radical (unpaired) electrons. The monoisotopic (exact) mass is 179 g/mol. The highest BCUT2D eigenvalue weighted by Crippen LogP contribution is 2.16. The Labute approximate surface area is 80.0 Å². The van der Waals surface area contributed by atoms with Gasteiger partial charge in [-0.25, -0.2) is 9.55 Å². The average Bonchev–Trinajstić information content (AvgIpc) is 2.48. The number of aromatic amines is 1. The number of hydrogen-bond donors (Lipinski definition) is 1. The van der Waals surface area contributed by atoms with Crippen LogP contribution in [-0.2, 0) is 19.4 Å². The van der Waals surface area contributed by atoms with Crippen molar-refractivity contribution in [3.8, 4) is 0 Å². The predicted molar refractivity (Wildman–Crippen MR) is 52.5 cm³/mol. The lowest BCUT2D eigenvalue weighted by atomic mass is 10.0. The zero-order valence-corrected chi connectivity index (χ0v) is 8.64. The molecule has 13 heavy (non-hydrogen) atoms. The molecule has 0 amide bonds. The SMILES string of the molecule is CC(C)C[n+]1c[nH]c2c1CCCC2. The molecule has 1 aliphatic rings. The van der Waals surface area contributed by atoms with E-state index < -0.39 is 0 Å². The summed E-state index contributed by atoms with van der Waals surface area (Å²) in [4.78, 5) is 3.39. The minimum Gasteiger partial charge on any atom is -0.247 e. The van der Waals surface area contributed by atoms with Crippen LogP contribution in [0.4, 0.5) is 0 Å². The van der Waals surface area contributed by atoms with E-state index in [2.05, 4.69) is 29.7 Å². The Morgan fingerprint density at radius 2 is 2.15 bits per heavy atom. The van der Waals surface area contributed by atoms with Crippen LogP contribution in [0, 0.1) is 5.92 Å². The van der Waals surface area contributed by atoms with Crippen molar-refractivity contribution in [1.82, 2.24) is 4.98 Å². The van der Waals surface area contributed by atoms with E-state index in [0.717, 1.165) is 12.5 Å². The third-order valence-electron chi connectivity index (χ3n) is 2.74. The van der Waals surface area contributed by atoms with E-state index in [0.29, 0.717) is 0 Å². The van der Waals surface area contributed by atoms with E-state index in [-0.39, 0.29) is 0 Å². The zero-order valence-electron chi connectivity index (χ0n) is 8.64. The van der Waals surface area contributed by atoms with Gasteiger partial charge >= 0.3 is 0 Å². The van der Waals surface area contributed by atoms with E-state index in [1.807, 2.05) is 0 Å². The van der Waals surface area contributed by atoms with E-state index in [1.165, 1.54) is 31.4 Å². The Morgan fingerprint density at radius 1 is 1.38 bits per heavy atom. The van der Waals surface area contributed by atoms with Crippen LogP contribution in [0.25, 0.3) is 0 Å². The van der Waals surface area contributed by atoms with Gasteiger partial charge in [0.25, 0.3) is 0 Å². The molecule has 2 nitrogen and oxygen atoms in total. The quantitative estimate of drug-likeness (QED) is 0.668. The summed E-state index contributed by atoms with van der Waals surface area (Å²) in [6.45, 7) is 5.70. The average molecular weight is 179 g/mol. The third-order valence-corrected chi connectivity index (χ3v) is 2.74. The molecule has 1 aliphatic carbocycles. The van der Waals surface area contributed by atoms with Crippen LogP contribution in [0.5, 0.6) is 0 Å². The molecule has 2 rings (SSSR count). The number of aryl methyl sites for hydroxylation is 1. The summed E-state index contributed by atoms with van der Waals surface area (Å²) in [5, 5.41) is 0. The Bertz CT molecular complexity index is 286. The Balaban J connectivity index is 2.21. The number of imidazole rings is 1. The second-order valence-electron chi connectivity index (χ2n) is 4.45. The highest BCUT2D eigenvalue weighted by atomic mass is 15.1. The van der Waals surface area contributed by atoms with Gasteiger partial charge in [-0.2, -0.15) is 0 Å². The fourth-order valence-electron chi connectivity index (χ4n) is 2.15. The van der Waals surface area contributed by atoms with Crippen molar-refractivity contribution in [2.45, 2.75) is 46.1 Å². The molecule has 0 atom stereocenters. The van der Waals surface area contributed by atoms with Gasteiger partial charge in [0.2, 0.25) is 6.33 Å². The van der Waals surface area contributed by atoms with E-state index in [1.54, 1.807) is 5.69 Å². The number of fused-ring (bicyclic) bond motifs is 1. The first kappa shape index (κ1) is 8.79. The minimum absolute atomic E-state index is 0.742. The summed E-state index contributed by atoms with van der Waals surface area (Å²) in [5.74, 6) is 0.742. The van der Waals surface area contributed by atoms with Gasteiger partial charge in [-0.05, 0) is 18.8 Å². The first-order valence-corrected chi connectivity index (χ1v) is 5.36. The lowest BCUT2D eigenvalue weighted by molar-refractivity contribution is -0.708. The largest absolute Gasteiger partial charge is 0.247 e. The van der Waals surface area contributed by atoms with Crippen molar-refractivity contribution < 1.29 is 4.57 Å². The maximum absolute atomic E-state index is 3.39. The highest BCUT2D eigenvalue weighted by Gasteiger charge is 2.20. The van der Waals surface area contributed by atoms with Crippen molar-refractivity contribution in [1.29, 1.82) is 0 Å². The smallest absolute Gasteiger partial charge is 0.241 e. The molecule has 0 bridgehead atoms. The summed E-state index contributed by atoms with van der Waals surface area (Å²) in [7, 11) is 0. The first-order valence-electron chi connectivity index (χ1n) is 5.36. The fraction of sp³-hybridized carbons (Fsp3) is 0.727. The van der Waals surface area contributed by atoms with E-state index in [4.69, 9.17) is 0 Å². The van der Waals surface area contributed by atoms with Gasteiger partial charge in [-0.15, -0.1) is 0 Å². The Kier molecular flexibility index (Phi) is 2.38. The topological polar surface area (TPSA) is 19.7 Å². The maximum Gasteiger partial charge on any atom is 0.241 e. The van der Waals surface area contributed by atoms with Gasteiger partial charge < -0.3 is 0 Å². The second-order valence-corrected chi connectivity index (χ2v) is 4.45. The number of nitrogens with one attached hydrogen (secondary N) is 1. The van der Waals surface area contributed by atoms with Crippen LogP contribution in [0.1, 0.15) is 38.1 Å². The van der Waals surface area contributed by atoms with Gasteiger partial charge in [0.1, 0.15) is 11.4 Å². The molecule has 1 aromatic heterocycles. The Morgan fingerprint density at radius 3 is 2.92 bits per heavy atom. The van der Waals surface area contributed by atoms with Gasteiger partial charge in [0.05, 0.1) is 6.54 Å². The van der Waals surface area contributed by atoms with Crippen molar-refractivity contribution in [3.63, 3.8) is 0 Å². The van der Waals surface area contributed by atoms with Crippen molar-refractivity contribution >= 4 is 0 Å². The molecule has 0 fully saturated rings. The summed E-state index contributed by atoms with van der Waals surface area (Å²) in [6.07, 6.45) is 7.39. The standard InChI is InChI=1S/C11H18N2/c1-9(2)7-13-8-12-10-5-3-4-6-11(10)13/h8-9H,3-7H2,1-2H3/p+1. The van der Waals surface area contributed by atoms with Gasteiger partial charge in [0.15, 0.2) is 0 Å². The summed E-state index contributed by atoms with van der Waals surface area (Å²) in [5.41, 5.74) is 3.03. The van der Waals surface area contributed by atoms with Gasteiger partial charge in [-0.1, -0.05) is 13.8 Å². The van der Waals surface area contributed by atoms with Gasteiger partial charge in [-0.3, -0.25) is 0 Å². The molecule has 2 heteroatoms. The molecular weight excluding hydrogens is 160 g/mol. The lowest BCUT2D eigenvalue weighted by Gasteiger charge is -2.09. The normalized spacial score (nSPS) is 16.2. The van der Waals surface area contributed by atoms with Crippen LogP contribution in [0.3, 0.4) is 0 Å². The molecule has 72 valence electrons. The van der Waals surface area contributed by atoms with Crippen LogP contribution in [-0.4, -0.2) is 4.98 Å². The number of aromatic nitrogens is 2. The molecule has 1 N–H and O–H groups in total. The molecule has 1 heterocycles. The lowest BCUT2D eigenvalue weighted by Crippen LogP contribution is -2.39. The van der Waals surface area contributed by atoms with Crippen molar-refractivity contribution in [3.05, 3.63) is 17.7 Å². The van der Waals surface area contributed by atoms with Crippen molar-refractivity contribution in [2.24, 2.45) is 5.92 Å². The second kappa shape index (κ2) is 3.52. The van der Waals surface area contributed by atoms with Crippen LogP contribution in [0.2, 0.25) is 0 Å². The molecule has 0 saturated carbocycles. The molecule has 0 aromatic carbocycles. The maximum atomic E-state index is 3.39. The summed E-state index contributed by atoms with van der Waals surface area (Å²) in [6, 6.07) is 0. The first-order chi connectivity index (χ1) is 6.27. The summed E-state index contributed by atoms with van der Waals surface area (Å²) >= 11 is 0. The fourth-order valence-corrected chi connectivity index (χ4v) is 2.15. The van der Waals surface area contributed by atoms with Crippen LogP contribution < -0.4 is 4.57 Å². The summed E-state index contributed by atoms with van der Waals surface area (Å²) < 4.78 is 2.40. The highest BCUT2D eigenvalue weighted by molar-refractivity contribution is 5.08. The van der Waals surface area contributed by atoms with E-state index >= 15 is 0 Å². The molecule has 1 aromatic rings. The predicted octanol–water partition coefficient (Wildman–Crippen LogP) is 1.84. The minimum atomic E-state index is 0.742. The number of rotatable bonds is 2. The molecule has 0 spiro atoms. The zero-order chi connectivity index (χ0) is 9.26. The molecular formula is C11H19N2+. The molecule has 0 unspecified atom stereocenters. The third kappa shape index (κ3) is 1.77.